The highest BCUT2D eigenvalue weighted by atomic mass is 16.1. The molecule has 0 spiro atoms. The first kappa shape index (κ1) is 10.7. The van der Waals surface area contributed by atoms with Crippen molar-refractivity contribution >= 4 is 5.78 Å². The standard InChI is InChI=1S/C13H16O/c1-4-10-13(3,11(2)14)12-8-6-5-7-9-12/h4-9H,1,10H2,2-3H3. The molecule has 74 valence electrons. The summed E-state index contributed by atoms with van der Waals surface area (Å²) < 4.78 is 0. The minimum atomic E-state index is -0.414. The van der Waals surface area contributed by atoms with Crippen LogP contribution in [0.1, 0.15) is 25.8 Å². The maximum absolute atomic E-state index is 11.6. The van der Waals surface area contributed by atoms with Crippen molar-refractivity contribution in [3.63, 3.8) is 0 Å². The van der Waals surface area contributed by atoms with E-state index in [0.717, 1.165) is 5.56 Å². The molecule has 0 aliphatic carbocycles. The molecule has 0 aliphatic rings. The van der Waals surface area contributed by atoms with Gasteiger partial charge in [0.05, 0.1) is 5.41 Å². The molecule has 0 saturated heterocycles. The number of Topliss-reactive ketones (excluding diaryl/α,β-unsaturated/α-hetero) is 1. The van der Waals surface area contributed by atoms with E-state index in [-0.39, 0.29) is 5.78 Å². The Morgan fingerprint density at radius 2 is 2.00 bits per heavy atom. The number of rotatable bonds is 4. The Labute approximate surface area is 85.5 Å². The molecule has 0 radical (unpaired) electrons. The van der Waals surface area contributed by atoms with Crippen molar-refractivity contribution < 1.29 is 4.79 Å². The molecule has 1 atom stereocenters. The molecular formula is C13H16O. The second-order valence-electron chi connectivity index (χ2n) is 3.75. The Morgan fingerprint density at radius 3 is 2.43 bits per heavy atom. The van der Waals surface area contributed by atoms with Crippen LogP contribution in [0.4, 0.5) is 0 Å². The Kier molecular flexibility index (Phi) is 3.23. The summed E-state index contributed by atoms with van der Waals surface area (Å²) in [6.07, 6.45) is 2.49. The lowest BCUT2D eigenvalue weighted by molar-refractivity contribution is -0.121. The van der Waals surface area contributed by atoms with Gasteiger partial charge in [0.2, 0.25) is 0 Å². The number of carbonyl (C=O) groups is 1. The summed E-state index contributed by atoms with van der Waals surface area (Å²) in [5.74, 6) is 0.184. The minimum Gasteiger partial charge on any atom is -0.299 e. The molecule has 0 aliphatic heterocycles. The zero-order chi connectivity index (χ0) is 10.6. The molecule has 0 amide bonds. The van der Waals surface area contributed by atoms with Gasteiger partial charge in [-0.2, -0.15) is 0 Å². The molecule has 0 N–H and O–H groups in total. The SMILES string of the molecule is C=CCC(C)(C(C)=O)c1ccccc1. The third kappa shape index (κ3) is 1.92. The summed E-state index contributed by atoms with van der Waals surface area (Å²) in [6, 6.07) is 9.85. The van der Waals surface area contributed by atoms with E-state index in [2.05, 4.69) is 6.58 Å². The molecule has 0 saturated carbocycles. The van der Waals surface area contributed by atoms with E-state index in [1.807, 2.05) is 37.3 Å². The summed E-state index contributed by atoms with van der Waals surface area (Å²) in [4.78, 5) is 11.6. The molecule has 1 aromatic carbocycles. The Morgan fingerprint density at radius 1 is 1.43 bits per heavy atom. The lowest BCUT2D eigenvalue weighted by Gasteiger charge is -2.25. The number of allylic oxidation sites excluding steroid dienone is 1. The summed E-state index contributed by atoms with van der Waals surface area (Å²) in [7, 11) is 0. The topological polar surface area (TPSA) is 17.1 Å². The predicted octanol–water partition coefficient (Wildman–Crippen LogP) is 3.11. The molecule has 1 unspecified atom stereocenters. The summed E-state index contributed by atoms with van der Waals surface area (Å²) in [5, 5.41) is 0. The summed E-state index contributed by atoms with van der Waals surface area (Å²) in [6.45, 7) is 7.30. The summed E-state index contributed by atoms with van der Waals surface area (Å²) >= 11 is 0. The van der Waals surface area contributed by atoms with Crippen LogP contribution in [0.25, 0.3) is 0 Å². The van der Waals surface area contributed by atoms with Crippen LogP contribution in [0.5, 0.6) is 0 Å². The van der Waals surface area contributed by atoms with Gasteiger partial charge in [-0.05, 0) is 25.8 Å². The van der Waals surface area contributed by atoms with E-state index >= 15 is 0 Å². The zero-order valence-corrected chi connectivity index (χ0v) is 8.79. The van der Waals surface area contributed by atoms with Crippen molar-refractivity contribution in [1.82, 2.24) is 0 Å². The van der Waals surface area contributed by atoms with E-state index in [0.29, 0.717) is 6.42 Å². The lowest BCUT2D eigenvalue weighted by atomic mass is 9.76. The second kappa shape index (κ2) is 4.23. The average molecular weight is 188 g/mol. The normalized spacial score (nSPS) is 14.4. The van der Waals surface area contributed by atoms with E-state index in [9.17, 15) is 4.79 Å². The number of carbonyl (C=O) groups excluding carboxylic acids is 1. The third-order valence-electron chi connectivity index (χ3n) is 2.74. The van der Waals surface area contributed by atoms with E-state index < -0.39 is 5.41 Å². The number of hydrogen-bond acceptors (Lipinski definition) is 1. The van der Waals surface area contributed by atoms with E-state index in [1.165, 1.54) is 0 Å². The number of ketones is 1. The van der Waals surface area contributed by atoms with Crippen molar-refractivity contribution in [2.75, 3.05) is 0 Å². The molecule has 14 heavy (non-hydrogen) atoms. The summed E-state index contributed by atoms with van der Waals surface area (Å²) in [5.41, 5.74) is 0.649. The Hall–Kier alpha value is -1.37. The van der Waals surface area contributed by atoms with Gasteiger partial charge in [0.15, 0.2) is 0 Å². The van der Waals surface area contributed by atoms with Crippen LogP contribution in [0.3, 0.4) is 0 Å². The van der Waals surface area contributed by atoms with Crippen LogP contribution in [-0.2, 0) is 10.2 Å². The van der Waals surface area contributed by atoms with Crippen LogP contribution < -0.4 is 0 Å². The monoisotopic (exact) mass is 188 g/mol. The number of hydrogen-bond donors (Lipinski definition) is 0. The smallest absolute Gasteiger partial charge is 0.140 e. The number of benzene rings is 1. The molecule has 1 aromatic rings. The van der Waals surface area contributed by atoms with Crippen molar-refractivity contribution in [3.05, 3.63) is 48.6 Å². The highest BCUT2D eigenvalue weighted by Crippen LogP contribution is 2.28. The molecular weight excluding hydrogens is 172 g/mol. The molecule has 0 fully saturated rings. The van der Waals surface area contributed by atoms with Crippen molar-refractivity contribution in [1.29, 1.82) is 0 Å². The molecule has 0 aromatic heterocycles. The first-order chi connectivity index (χ1) is 6.61. The largest absolute Gasteiger partial charge is 0.299 e. The molecule has 1 heteroatoms. The maximum Gasteiger partial charge on any atom is 0.140 e. The van der Waals surface area contributed by atoms with Gasteiger partial charge in [-0.1, -0.05) is 36.4 Å². The van der Waals surface area contributed by atoms with E-state index in [1.54, 1.807) is 13.0 Å². The maximum atomic E-state index is 11.6. The first-order valence-corrected chi connectivity index (χ1v) is 4.78. The van der Waals surface area contributed by atoms with Gasteiger partial charge in [0.1, 0.15) is 5.78 Å². The first-order valence-electron chi connectivity index (χ1n) is 4.78. The van der Waals surface area contributed by atoms with Gasteiger partial charge in [-0.15, -0.1) is 6.58 Å². The van der Waals surface area contributed by atoms with Crippen LogP contribution in [0, 0.1) is 0 Å². The third-order valence-corrected chi connectivity index (χ3v) is 2.74. The van der Waals surface area contributed by atoms with Crippen molar-refractivity contribution in [2.45, 2.75) is 25.7 Å². The quantitative estimate of drug-likeness (QED) is 0.663. The van der Waals surface area contributed by atoms with Crippen LogP contribution >= 0.6 is 0 Å². The van der Waals surface area contributed by atoms with Crippen LogP contribution in [0.2, 0.25) is 0 Å². The predicted molar refractivity (Wildman–Crippen MR) is 59.3 cm³/mol. The van der Waals surface area contributed by atoms with Crippen molar-refractivity contribution in [3.8, 4) is 0 Å². The van der Waals surface area contributed by atoms with Gasteiger partial charge in [-0.25, -0.2) is 0 Å². The fraction of sp³-hybridized carbons (Fsp3) is 0.308. The van der Waals surface area contributed by atoms with Crippen LogP contribution in [-0.4, -0.2) is 5.78 Å². The van der Waals surface area contributed by atoms with Gasteiger partial charge >= 0.3 is 0 Å². The lowest BCUT2D eigenvalue weighted by Crippen LogP contribution is -2.29. The zero-order valence-electron chi connectivity index (χ0n) is 8.79. The van der Waals surface area contributed by atoms with Gasteiger partial charge in [0.25, 0.3) is 0 Å². The fourth-order valence-electron chi connectivity index (χ4n) is 1.56. The average Bonchev–Trinajstić information content (AvgIpc) is 2.19. The minimum absolute atomic E-state index is 0.184. The van der Waals surface area contributed by atoms with Gasteiger partial charge in [-0.3, -0.25) is 4.79 Å². The second-order valence-corrected chi connectivity index (χ2v) is 3.75. The highest BCUT2D eigenvalue weighted by Gasteiger charge is 2.29. The molecule has 1 rings (SSSR count). The highest BCUT2D eigenvalue weighted by molar-refractivity contribution is 5.87. The van der Waals surface area contributed by atoms with E-state index in [4.69, 9.17) is 0 Å². The molecule has 0 bridgehead atoms. The van der Waals surface area contributed by atoms with Gasteiger partial charge in [0, 0.05) is 0 Å². The fourth-order valence-corrected chi connectivity index (χ4v) is 1.56. The van der Waals surface area contributed by atoms with Crippen LogP contribution in [0.15, 0.2) is 43.0 Å². The molecule has 1 nitrogen and oxygen atoms in total. The Bertz CT molecular complexity index is 326. The Balaban J connectivity index is 3.12. The van der Waals surface area contributed by atoms with Crippen molar-refractivity contribution in [2.24, 2.45) is 0 Å². The van der Waals surface area contributed by atoms with Gasteiger partial charge < -0.3 is 0 Å². The molecule has 0 heterocycles.